The number of aliphatic imine (C=N–C) groups is 1. The molecule has 3 rings (SSSR count). The third-order valence-electron chi connectivity index (χ3n) is 5.00. The van der Waals surface area contributed by atoms with Crippen LogP contribution < -0.4 is 10.2 Å². The second kappa shape index (κ2) is 10.8. The maximum Gasteiger partial charge on any atom is 0.246 e. The summed E-state index contributed by atoms with van der Waals surface area (Å²) in [7, 11) is 1.86. The molecule has 2 fully saturated rings. The van der Waals surface area contributed by atoms with Crippen LogP contribution in [0.4, 0.5) is 5.69 Å². The number of rotatable bonds is 5. The van der Waals surface area contributed by atoms with E-state index in [0.29, 0.717) is 19.0 Å². The van der Waals surface area contributed by atoms with Crippen LogP contribution in [0.3, 0.4) is 0 Å². The second-order valence-corrected chi connectivity index (χ2v) is 6.92. The zero-order valence-electron chi connectivity index (χ0n) is 16.3. The van der Waals surface area contributed by atoms with E-state index in [1.54, 1.807) is 15.8 Å². The quantitative estimate of drug-likeness (QED) is 0.385. The number of anilines is 1. The monoisotopic (exact) mass is 490 g/mol. The SMILES string of the molecule is CCNC(=NCCC1CCOCC1)N1CCN(c2cnn(C)c2)C(=O)C1.I. The van der Waals surface area contributed by atoms with Crippen LogP contribution in [0, 0.1) is 5.92 Å². The van der Waals surface area contributed by atoms with Crippen LogP contribution in [0.5, 0.6) is 0 Å². The molecule has 27 heavy (non-hydrogen) atoms. The van der Waals surface area contributed by atoms with E-state index >= 15 is 0 Å². The molecule has 8 nitrogen and oxygen atoms in total. The predicted octanol–water partition coefficient (Wildman–Crippen LogP) is 1.47. The number of nitrogens with zero attached hydrogens (tertiary/aromatic N) is 5. The highest BCUT2D eigenvalue weighted by Gasteiger charge is 2.27. The van der Waals surface area contributed by atoms with Gasteiger partial charge in [0.2, 0.25) is 5.91 Å². The summed E-state index contributed by atoms with van der Waals surface area (Å²) in [6, 6.07) is 0. The number of carbonyl (C=O) groups excluding carboxylic acids is 1. The molecule has 1 aromatic rings. The maximum absolute atomic E-state index is 12.6. The molecule has 0 unspecified atom stereocenters. The number of guanidine groups is 1. The minimum absolute atomic E-state index is 0. The Morgan fingerprint density at radius 3 is 2.78 bits per heavy atom. The number of amides is 1. The van der Waals surface area contributed by atoms with Gasteiger partial charge in [0.15, 0.2) is 5.96 Å². The first-order valence-corrected chi connectivity index (χ1v) is 9.57. The maximum atomic E-state index is 12.6. The molecule has 2 aliphatic rings. The van der Waals surface area contributed by atoms with Gasteiger partial charge in [-0.05, 0) is 32.1 Å². The molecule has 0 atom stereocenters. The number of aryl methyl sites for hydroxylation is 1. The lowest BCUT2D eigenvalue weighted by molar-refractivity contribution is -0.120. The van der Waals surface area contributed by atoms with Gasteiger partial charge in [-0.3, -0.25) is 14.5 Å². The van der Waals surface area contributed by atoms with Crippen molar-refractivity contribution in [1.29, 1.82) is 0 Å². The number of hydrogen-bond donors (Lipinski definition) is 1. The van der Waals surface area contributed by atoms with Crippen molar-refractivity contribution in [1.82, 2.24) is 20.0 Å². The molecule has 0 aliphatic carbocycles. The van der Waals surface area contributed by atoms with Gasteiger partial charge in [0, 0.05) is 52.6 Å². The second-order valence-electron chi connectivity index (χ2n) is 6.92. The number of nitrogens with one attached hydrogen (secondary N) is 1. The van der Waals surface area contributed by atoms with E-state index in [-0.39, 0.29) is 29.9 Å². The van der Waals surface area contributed by atoms with E-state index in [4.69, 9.17) is 9.73 Å². The highest BCUT2D eigenvalue weighted by molar-refractivity contribution is 14.0. The number of piperazine rings is 1. The minimum atomic E-state index is 0. The van der Waals surface area contributed by atoms with E-state index < -0.39 is 0 Å². The Labute approximate surface area is 178 Å². The van der Waals surface area contributed by atoms with Gasteiger partial charge in [-0.15, -0.1) is 24.0 Å². The van der Waals surface area contributed by atoms with Gasteiger partial charge in [-0.25, -0.2) is 0 Å². The van der Waals surface area contributed by atoms with Gasteiger partial charge < -0.3 is 19.9 Å². The molecular formula is C18H31IN6O2. The Morgan fingerprint density at radius 2 is 2.15 bits per heavy atom. The van der Waals surface area contributed by atoms with Crippen molar-refractivity contribution in [2.45, 2.75) is 26.2 Å². The summed E-state index contributed by atoms with van der Waals surface area (Å²) in [5, 5.41) is 7.49. The Hall–Kier alpha value is -1.36. The van der Waals surface area contributed by atoms with E-state index in [0.717, 1.165) is 63.8 Å². The van der Waals surface area contributed by atoms with E-state index in [1.807, 2.05) is 13.2 Å². The normalized spacial score (nSPS) is 19.2. The van der Waals surface area contributed by atoms with Crippen molar-refractivity contribution in [2.75, 3.05) is 50.8 Å². The van der Waals surface area contributed by atoms with Crippen molar-refractivity contribution >= 4 is 41.5 Å². The molecule has 1 amide bonds. The van der Waals surface area contributed by atoms with Crippen LogP contribution in [0.1, 0.15) is 26.2 Å². The van der Waals surface area contributed by atoms with Crippen LogP contribution in [0.25, 0.3) is 0 Å². The van der Waals surface area contributed by atoms with Gasteiger partial charge in [0.05, 0.1) is 11.9 Å². The van der Waals surface area contributed by atoms with E-state index in [1.165, 1.54) is 0 Å². The van der Waals surface area contributed by atoms with Crippen LogP contribution >= 0.6 is 24.0 Å². The first-order valence-electron chi connectivity index (χ1n) is 9.57. The summed E-state index contributed by atoms with van der Waals surface area (Å²) in [5.41, 5.74) is 0.860. The van der Waals surface area contributed by atoms with E-state index in [9.17, 15) is 4.79 Å². The molecule has 0 radical (unpaired) electrons. The Kier molecular flexibility index (Phi) is 8.81. The lowest BCUT2D eigenvalue weighted by atomic mass is 9.97. The summed E-state index contributed by atoms with van der Waals surface area (Å²) in [5.74, 6) is 1.64. The fourth-order valence-electron chi connectivity index (χ4n) is 3.49. The molecule has 3 heterocycles. The number of hydrogen-bond acceptors (Lipinski definition) is 4. The average Bonchev–Trinajstić information content (AvgIpc) is 3.08. The first kappa shape index (κ1) is 21.9. The van der Waals surface area contributed by atoms with Gasteiger partial charge in [0.1, 0.15) is 6.54 Å². The summed E-state index contributed by atoms with van der Waals surface area (Å²) >= 11 is 0. The van der Waals surface area contributed by atoms with Gasteiger partial charge in [-0.1, -0.05) is 0 Å². The van der Waals surface area contributed by atoms with Crippen LogP contribution in [0.15, 0.2) is 17.4 Å². The largest absolute Gasteiger partial charge is 0.381 e. The Morgan fingerprint density at radius 1 is 1.37 bits per heavy atom. The highest BCUT2D eigenvalue weighted by Crippen LogP contribution is 2.19. The van der Waals surface area contributed by atoms with Gasteiger partial charge >= 0.3 is 0 Å². The molecule has 1 aromatic heterocycles. The molecule has 2 saturated heterocycles. The lowest BCUT2D eigenvalue weighted by Gasteiger charge is -2.35. The molecule has 9 heteroatoms. The molecule has 0 saturated carbocycles. The topological polar surface area (TPSA) is 75.0 Å². The summed E-state index contributed by atoms with van der Waals surface area (Å²) in [6.07, 6.45) is 6.96. The van der Waals surface area contributed by atoms with Gasteiger partial charge in [-0.2, -0.15) is 5.10 Å². The van der Waals surface area contributed by atoms with Gasteiger partial charge in [0.25, 0.3) is 0 Å². The summed E-state index contributed by atoms with van der Waals surface area (Å²) in [6.45, 7) is 7.16. The predicted molar refractivity (Wildman–Crippen MR) is 117 cm³/mol. The van der Waals surface area contributed by atoms with Crippen LogP contribution in [0.2, 0.25) is 0 Å². The van der Waals surface area contributed by atoms with Crippen molar-refractivity contribution in [2.24, 2.45) is 18.0 Å². The van der Waals surface area contributed by atoms with E-state index in [2.05, 4.69) is 22.2 Å². The molecule has 152 valence electrons. The molecule has 0 bridgehead atoms. The Balaban J connectivity index is 0.00000261. The zero-order valence-corrected chi connectivity index (χ0v) is 18.6. The summed E-state index contributed by atoms with van der Waals surface area (Å²) < 4.78 is 7.14. The Bertz CT molecular complexity index is 629. The lowest BCUT2D eigenvalue weighted by Crippen LogP contribution is -2.55. The first-order chi connectivity index (χ1) is 12.7. The minimum Gasteiger partial charge on any atom is -0.381 e. The van der Waals surface area contributed by atoms with Crippen molar-refractivity contribution < 1.29 is 9.53 Å². The third kappa shape index (κ3) is 6.06. The summed E-state index contributed by atoms with van der Waals surface area (Å²) in [4.78, 5) is 21.2. The number of carbonyl (C=O) groups is 1. The fraction of sp³-hybridized carbons (Fsp3) is 0.722. The molecule has 0 spiro atoms. The van der Waals surface area contributed by atoms with Crippen LogP contribution in [-0.4, -0.2) is 72.5 Å². The standard InChI is InChI=1S/C18H30N6O2.HI/c1-3-19-18(20-7-4-15-5-10-26-11-6-15)23-8-9-24(17(25)14-23)16-12-21-22(2)13-16;/h12-13,15H,3-11,14H2,1-2H3,(H,19,20);1H. The fourth-order valence-corrected chi connectivity index (χ4v) is 3.49. The molecule has 2 aliphatic heterocycles. The number of ether oxygens (including phenoxy) is 1. The van der Waals surface area contributed by atoms with Crippen molar-refractivity contribution in [3.05, 3.63) is 12.4 Å². The smallest absolute Gasteiger partial charge is 0.246 e. The number of halogens is 1. The van der Waals surface area contributed by atoms with Crippen molar-refractivity contribution in [3.8, 4) is 0 Å². The third-order valence-corrected chi connectivity index (χ3v) is 5.00. The molecular weight excluding hydrogens is 459 g/mol. The zero-order chi connectivity index (χ0) is 18.4. The highest BCUT2D eigenvalue weighted by atomic mass is 127. The van der Waals surface area contributed by atoms with Crippen molar-refractivity contribution in [3.63, 3.8) is 0 Å². The molecule has 0 aromatic carbocycles. The van der Waals surface area contributed by atoms with Crippen LogP contribution in [-0.2, 0) is 16.6 Å². The average molecular weight is 490 g/mol. The number of aromatic nitrogens is 2. The molecule has 1 N–H and O–H groups in total.